The molecule has 0 aliphatic carbocycles. The first-order valence-electron chi connectivity index (χ1n) is 15.2. The minimum absolute atomic E-state index is 0.0157. The highest BCUT2D eigenvalue weighted by Crippen LogP contribution is 2.28. The molecule has 4 aromatic rings. The maximum atomic E-state index is 14.6. The summed E-state index contributed by atoms with van der Waals surface area (Å²) in [6.45, 7) is 5.15. The first-order valence-corrected chi connectivity index (χ1v) is 17.4. The predicted octanol–water partition coefficient (Wildman–Crippen LogP) is 7.06. The van der Waals surface area contributed by atoms with E-state index in [1.54, 1.807) is 54.6 Å². The van der Waals surface area contributed by atoms with E-state index in [0.29, 0.717) is 33.5 Å². The fourth-order valence-electron chi connectivity index (χ4n) is 4.94. The number of sulfonamides is 1. The van der Waals surface area contributed by atoms with Crippen molar-refractivity contribution in [2.45, 2.75) is 57.1 Å². The molecule has 0 saturated heterocycles. The summed E-state index contributed by atoms with van der Waals surface area (Å²) in [7, 11) is -2.75. The summed E-state index contributed by atoms with van der Waals surface area (Å²) in [5.41, 5.74) is 2.69. The number of aryl methyl sites for hydroxylation is 1. The Hall–Kier alpha value is -4.05. The molecule has 1 N–H and O–H groups in total. The third-order valence-corrected chi connectivity index (χ3v) is 10.4. The number of carbonyl (C=O) groups is 2. The number of anilines is 1. The van der Waals surface area contributed by atoms with Crippen molar-refractivity contribution >= 4 is 50.7 Å². The Labute approximate surface area is 287 Å². The monoisotopic (exact) mass is 695 g/mol. The summed E-state index contributed by atoms with van der Waals surface area (Å²) >= 11 is 12.5. The average molecular weight is 697 g/mol. The Morgan fingerprint density at radius 2 is 1.53 bits per heavy atom. The standard InChI is InChI=1S/C36H39Cl2N3O5S/c1-5-26(3)39-36(43)34(22-27-9-7-6-8-10-27)40(23-28-13-20-32(37)33(38)21-28)35(42)24-41(29-14-11-25(2)12-15-29)47(44,45)31-18-16-30(46-4)17-19-31/h6-21,26,34H,5,22-24H2,1-4H3,(H,39,43). The minimum atomic E-state index is -4.24. The summed E-state index contributed by atoms with van der Waals surface area (Å²) in [4.78, 5) is 29.9. The largest absolute Gasteiger partial charge is 0.497 e. The molecule has 0 spiro atoms. The van der Waals surface area contributed by atoms with Crippen LogP contribution in [0.3, 0.4) is 0 Å². The van der Waals surface area contributed by atoms with Crippen LogP contribution < -0.4 is 14.4 Å². The maximum absolute atomic E-state index is 14.6. The third kappa shape index (κ3) is 9.28. The van der Waals surface area contributed by atoms with E-state index < -0.39 is 28.5 Å². The first-order chi connectivity index (χ1) is 22.4. The van der Waals surface area contributed by atoms with E-state index in [9.17, 15) is 18.0 Å². The summed E-state index contributed by atoms with van der Waals surface area (Å²) in [5, 5.41) is 3.67. The number of nitrogens with zero attached hydrogens (tertiary/aromatic N) is 2. The molecule has 0 aliphatic heterocycles. The second-order valence-electron chi connectivity index (χ2n) is 11.3. The SMILES string of the molecule is CCC(C)NC(=O)C(Cc1ccccc1)N(Cc1ccc(Cl)c(Cl)c1)C(=O)CN(c1ccc(C)cc1)S(=O)(=O)c1ccc(OC)cc1. The van der Waals surface area contributed by atoms with Crippen LogP contribution in [0.4, 0.5) is 5.69 Å². The first kappa shape index (κ1) is 35.8. The normalized spacial score (nSPS) is 12.6. The van der Waals surface area contributed by atoms with Gasteiger partial charge in [0, 0.05) is 19.0 Å². The van der Waals surface area contributed by atoms with Gasteiger partial charge in [-0.25, -0.2) is 8.42 Å². The van der Waals surface area contributed by atoms with Gasteiger partial charge in [-0.15, -0.1) is 0 Å². The molecule has 0 bridgehead atoms. The van der Waals surface area contributed by atoms with Gasteiger partial charge in [0.15, 0.2) is 0 Å². The van der Waals surface area contributed by atoms with Crippen LogP contribution in [0.25, 0.3) is 0 Å². The van der Waals surface area contributed by atoms with Crippen LogP contribution in [0.5, 0.6) is 5.75 Å². The zero-order valence-electron chi connectivity index (χ0n) is 26.8. The Balaban J connectivity index is 1.82. The molecular weight excluding hydrogens is 657 g/mol. The number of halogens is 2. The van der Waals surface area contributed by atoms with E-state index in [1.807, 2.05) is 51.1 Å². The van der Waals surface area contributed by atoms with Crippen molar-refractivity contribution in [3.63, 3.8) is 0 Å². The Morgan fingerprint density at radius 3 is 2.13 bits per heavy atom. The van der Waals surface area contributed by atoms with Crippen molar-refractivity contribution in [3.8, 4) is 5.75 Å². The van der Waals surface area contributed by atoms with E-state index in [-0.39, 0.29) is 29.8 Å². The predicted molar refractivity (Wildman–Crippen MR) is 188 cm³/mol. The van der Waals surface area contributed by atoms with Crippen LogP contribution in [-0.2, 0) is 32.6 Å². The molecule has 248 valence electrons. The van der Waals surface area contributed by atoms with Gasteiger partial charge in [-0.2, -0.15) is 0 Å². The molecule has 2 unspecified atom stereocenters. The van der Waals surface area contributed by atoms with Crippen LogP contribution in [-0.4, -0.2) is 50.9 Å². The summed E-state index contributed by atoms with van der Waals surface area (Å²) in [5.74, 6) is -0.434. The van der Waals surface area contributed by atoms with Crippen molar-refractivity contribution < 1.29 is 22.7 Å². The quantitative estimate of drug-likeness (QED) is 0.152. The topological polar surface area (TPSA) is 96.0 Å². The van der Waals surface area contributed by atoms with Gasteiger partial charge in [-0.3, -0.25) is 13.9 Å². The van der Waals surface area contributed by atoms with Crippen LogP contribution in [0.2, 0.25) is 10.0 Å². The van der Waals surface area contributed by atoms with Gasteiger partial charge in [0.05, 0.1) is 27.7 Å². The average Bonchev–Trinajstić information content (AvgIpc) is 3.07. The van der Waals surface area contributed by atoms with Gasteiger partial charge < -0.3 is 15.0 Å². The molecule has 4 rings (SSSR count). The molecular formula is C36H39Cl2N3O5S. The Kier molecular flexibility index (Phi) is 12.3. The lowest BCUT2D eigenvalue weighted by atomic mass is 10.0. The number of nitrogens with one attached hydrogen (secondary N) is 1. The number of rotatable bonds is 14. The van der Waals surface area contributed by atoms with Crippen molar-refractivity contribution in [2.75, 3.05) is 18.0 Å². The molecule has 8 nitrogen and oxygen atoms in total. The van der Waals surface area contributed by atoms with Crippen LogP contribution in [0, 0.1) is 6.92 Å². The fourth-order valence-corrected chi connectivity index (χ4v) is 6.68. The highest BCUT2D eigenvalue weighted by atomic mass is 35.5. The lowest BCUT2D eigenvalue weighted by Crippen LogP contribution is -2.54. The number of ether oxygens (including phenoxy) is 1. The van der Waals surface area contributed by atoms with E-state index in [0.717, 1.165) is 15.4 Å². The van der Waals surface area contributed by atoms with Gasteiger partial charge in [0.25, 0.3) is 10.0 Å². The molecule has 2 amide bonds. The number of hydrogen-bond donors (Lipinski definition) is 1. The smallest absolute Gasteiger partial charge is 0.264 e. The molecule has 0 aliphatic rings. The molecule has 0 saturated carbocycles. The molecule has 11 heteroatoms. The van der Waals surface area contributed by atoms with Gasteiger partial charge in [0.1, 0.15) is 18.3 Å². The number of hydrogen-bond acceptors (Lipinski definition) is 5. The van der Waals surface area contributed by atoms with Crippen molar-refractivity contribution in [1.29, 1.82) is 0 Å². The fraction of sp³-hybridized carbons (Fsp3) is 0.278. The molecule has 4 aromatic carbocycles. The van der Waals surface area contributed by atoms with Crippen molar-refractivity contribution in [3.05, 3.63) is 124 Å². The molecule has 0 heterocycles. The van der Waals surface area contributed by atoms with Crippen LogP contribution in [0.1, 0.15) is 37.0 Å². The molecule has 2 atom stereocenters. The number of carbonyl (C=O) groups excluding carboxylic acids is 2. The van der Waals surface area contributed by atoms with Crippen LogP contribution >= 0.6 is 23.2 Å². The summed E-state index contributed by atoms with van der Waals surface area (Å²) in [6.07, 6.45) is 0.887. The molecule has 47 heavy (non-hydrogen) atoms. The number of benzene rings is 4. The van der Waals surface area contributed by atoms with Gasteiger partial charge >= 0.3 is 0 Å². The lowest BCUT2D eigenvalue weighted by molar-refractivity contribution is -0.140. The van der Waals surface area contributed by atoms with Gasteiger partial charge in [0.2, 0.25) is 11.8 Å². The lowest BCUT2D eigenvalue weighted by Gasteiger charge is -2.34. The Bertz CT molecular complexity index is 1770. The molecule has 0 aromatic heterocycles. The zero-order chi connectivity index (χ0) is 34.1. The Morgan fingerprint density at radius 1 is 0.872 bits per heavy atom. The second-order valence-corrected chi connectivity index (χ2v) is 14.0. The minimum Gasteiger partial charge on any atom is -0.497 e. The highest BCUT2D eigenvalue weighted by molar-refractivity contribution is 7.92. The third-order valence-electron chi connectivity index (χ3n) is 7.86. The second kappa shape index (κ2) is 16.2. The number of amides is 2. The maximum Gasteiger partial charge on any atom is 0.264 e. The van der Waals surface area contributed by atoms with E-state index in [1.165, 1.54) is 24.1 Å². The zero-order valence-corrected chi connectivity index (χ0v) is 29.1. The van der Waals surface area contributed by atoms with Crippen molar-refractivity contribution in [2.24, 2.45) is 0 Å². The highest BCUT2D eigenvalue weighted by Gasteiger charge is 2.35. The van der Waals surface area contributed by atoms with Crippen molar-refractivity contribution in [1.82, 2.24) is 10.2 Å². The summed E-state index contributed by atoms with van der Waals surface area (Å²) < 4.78 is 34.7. The summed E-state index contributed by atoms with van der Waals surface area (Å²) in [6, 6.07) is 26.1. The van der Waals surface area contributed by atoms with E-state index in [4.69, 9.17) is 27.9 Å². The van der Waals surface area contributed by atoms with E-state index in [2.05, 4.69) is 5.32 Å². The molecule has 0 fully saturated rings. The molecule has 0 radical (unpaired) electrons. The van der Waals surface area contributed by atoms with Crippen LogP contribution in [0.15, 0.2) is 102 Å². The van der Waals surface area contributed by atoms with E-state index >= 15 is 0 Å². The van der Waals surface area contributed by atoms with Gasteiger partial charge in [-0.1, -0.05) is 84.2 Å². The number of methoxy groups -OCH3 is 1. The van der Waals surface area contributed by atoms with Gasteiger partial charge in [-0.05, 0) is 79.9 Å².